The van der Waals surface area contributed by atoms with E-state index in [1.54, 1.807) is 12.2 Å². The van der Waals surface area contributed by atoms with Crippen molar-refractivity contribution in [2.24, 2.45) is 0 Å². The van der Waals surface area contributed by atoms with Crippen LogP contribution in [0.5, 0.6) is 0 Å². The third-order valence-corrected chi connectivity index (χ3v) is 1.38. The predicted octanol–water partition coefficient (Wildman–Crippen LogP) is 2.05. The van der Waals surface area contributed by atoms with Gasteiger partial charge in [-0.2, -0.15) is 0 Å². The summed E-state index contributed by atoms with van der Waals surface area (Å²) in [5, 5.41) is 8.41. The number of hydrogen-bond donors (Lipinski definition) is 1. The molecule has 1 radical (unpaired) electrons. The van der Waals surface area contributed by atoms with Gasteiger partial charge in [0.25, 0.3) is 0 Å². The number of aliphatic hydroxyl groups is 1. The summed E-state index contributed by atoms with van der Waals surface area (Å²) in [6.07, 6.45) is 8.12. The molecule has 0 atom stereocenters. The molecule has 1 nitrogen and oxygen atoms in total. The quantitative estimate of drug-likeness (QED) is 0.669. The second-order valence-electron chi connectivity index (χ2n) is 2.30. The normalized spacial score (nSPS) is 11.4. The third kappa shape index (κ3) is 3.17. The zero-order valence-corrected chi connectivity index (χ0v) is 6.77. The highest BCUT2D eigenvalue weighted by molar-refractivity contribution is 5.49. The number of rotatable bonds is 3. The van der Waals surface area contributed by atoms with Gasteiger partial charge in [-0.1, -0.05) is 48.6 Å². The Bertz CT molecular complexity index is 260. The molecule has 0 aromatic heterocycles. The molecule has 61 valence electrons. The van der Waals surface area contributed by atoms with Gasteiger partial charge in [-0.15, -0.1) is 0 Å². The first kappa shape index (κ1) is 8.75. The standard InChI is InChI=1S/C11H11O/c12-10-6-2-5-9-11-7-3-1-4-8-11/h1,3-9,12H,10H2. The van der Waals surface area contributed by atoms with E-state index in [1.807, 2.05) is 36.4 Å². The molecule has 0 saturated heterocycles. The van der Waals surface area contributed by atoms with Crippen LogP contribution in [0.25, 0.3) is 6.08 Å². The molecule has 0 aliphatic carbocycles. The zero-order valence-electron chi connectivity index (χ0n) is 6.77. The molecular weight excluding hydrogens is 148 g/mol. The topological polar surface area (TPSA) is 20.2 Å². The van der Waals surface area contributed by atoms with Crippen LogP contribution in [0.3, 0.4) is 0 Å². The second kappa shape index (κ2) is 5.33. The Hall–Kier alpha value is -1.34. The Labute approximate surface area is 72.7 Å². The van der Waals surface area contributed by atoms with Gasteiger partial charge in [-0.3, -0.25) is 0 Å². The predicted molar refractivity (Wildman–Crippen MR) is 50.4 cm³/mol. The molecule has 0 unspecified atom stereocenters. The van der Waals surface area contributed by atoms with Gasteiger partial charge in [0.1, 0.15) is 0 Å². The summed E-state index contributed by atoms with van der Waals surface area (Å²) in [7, 11) is 0. The molecular formula is C11H11O. The van der Waals surface area contributed by atoms with Crippen molar-refractivity contribution >= 4 is 6.08 Å². The van der Waals surface area contributed by atoms with E-state index in [-0.39, 0.29) is 6.61 Å². The van der Waals surface area contributed by atoms with Crippen LogP contribution in [-0.4, -0.2) is 11.7 Å². The van der Waals surface area contributed by atoms with Crippen molar-refractivity contribution in [3.63, 3.8) is 0 Å². The number of benzene rings is 1. The number of allylic oxidation sites excluding steroid dienone is 2. The Morgan fingerprint density at radius 3 is 2.67 bits per heavy atom. The van der Waals surface area contributed by atoms with Crippen LogP contribution in [0.4, 0.5) is 0 Å². The summed E-state index contributed by atoms with van der Waals surface area (Å²) >= 11 is 0. The van der Waals surface area contributed by atoms with E-state index in [0.717, 1.165) is 5.56 Å². The van der Waals surface area contributed by atoms with Crippen molar-refractivity contribution in [1.82, 2.24) is 0 Å². The largest absolute Gasteiger partial charge is 0.392 e. The van der Waals surface area contributed by atoms with Crippen molar-refractivity contribution in [1.29, 1.82) is 0 Å². The van der Waals surface area contributed by atoms with Crippen LogP contribution in [0.15, 0.2) is 42.5 Å². The first-order valence-electron chi connectivity index (χ1n) is 3.83. The molecule has 1 aromatic carbocycles. The molecule has 0 spiro atoms. The van der Waals surface area contributed by atoms with Crippen LogP contribution in [0, 0.1) is 6.08 Å². The molecule has 12 heavy (non-hydrogen) atoms. The van der Waals surface area contributed by atoms with Crippen LogP contribution in [-0.2, 0) is 0 Å². The lowest BCUT2D eigenvalue weighted by atomic mass is 10.2. The fourth-order valence-electron chi connectivity index (χ4n) is 0.829. The summed E-state index contributed by atoms with van der Waals surface area (Å²) in [5.74, 6) is 0. The highest BCUT2D eigenvalue weighted by Crippen LogP contribution is 2.00. The minimum absolute atomic E-state index is 0.0408. The summed E-state index contributed by atoms with van der Waals surface area (Å²) in [6, 6.07) is 9.96. The van der Waals surface area contributed by atoms with Gasteiger partial charge >= 0.3 is 0 Å². The molecule has 0 bridgehead atoms. The first-order valence-corrected chi connectivity index (χ1v) is 3.83. The van der Waals surface area contributed by atoms with E-state index in [0.29, 0.717) is 0 Å². The van der Waals surface area contributed by atoms with Crippen molar-refractivity contribution < 1.29 is 5.11 Å². The summed E-state index contributed by atoms with van der Waals surface area (Å²) in [4.78, 5) is 0. The Morgan fingerprint density at radius 2 is 2.00 bits per heavy atom. The zero-order chi connectivity index (χ0) is 8.65. The molecule has 0 aliphatic rings. The SMILES string of the molecule is OCC=[C]C=Cc1ccccc1. The maximum absolute atomic E-state index is 8.41. The fraction of sp³-hybridized carbons (Fsp3) is 0.0909. The molecule has 0 aliphatic heterocycles. The smallest absolute Gasteiger partial charge is 0.0621 e. The van der Waals surface area contributed by atoms with Crippen LogP contribution in [0.1, 0.15) is 5.56 Å². The lowest BCUT2D eigenvalue weighted by Gasteiger charge is -1.87. The first-order chi connectivity index (χ1) is 5.93. The molecule has 0 amide bonds. The van der Waals surface area contributed by atoms with E-state index in [1.165, 1.54) is 0 Å². The number of aliphatic hydroxyl groups excluding tert-OH is 1. The lowest BCUT2D eigenvalue weighted by molar-refractivity contribution is 0.342. The maximum Gasteiger partial charge on any atom is 0.0621 e. The van der Waals surface area contributed by atoms with E-state index < -0.39 is 0 Å². The van der Waals surface area contributed by atoms with Gasteiger partial charge in [-0.25, -0.2) is 0 Å². The molecule has 1 aromatic rings. The number of hydrogen-bond acceptors (Lipinski definition) is 1. The summed E-state index contributed by atoms with van der Waals surface area (Å²) < 4.78 is 0. The van der Waals surface area contributed by atoms with Crippen molar-refractivity contribution in [3.8, 4) is 0 Å². The van der Waals surface area contributed by atoms with E-state index in [4.69, 9.17) is 5.11 Å². The molecule has 0 fully saturated rings. The molecule has 1 rings (SSSR count). The minimum Gasteiger partial charge on any atom is -0.392 e. The van der Waals surface area contributed by atoms with Gasteiger partial charge < -0.3 is 5.11 Å². The molecule has 1 N–H and O–H groups in total. The van der Waals surface area contributed by atoms with Crippen molar-refractivity contribution in [3.05, 3.63) is 54.1 Å². The van der Waals surface area contributed by atoms with Gasteiger partial charge in [0, 0.05) is 0 Å². The van der Waals surface area contributed by atoms with E-state index in [2.05, 4.69) is 6.08 Å². The summed E-state index contributed by atoms with van der Waals surface area (Å²) in [5.41, 5.74) is 1.14. The second-order valence-corrected chi connectivity index (χ2v) is 2.30. The van der Waals surface area contributed by atoms with Gasteiger partial charge in [-0.05, 0) is 11.6 Å². The Morgan fingerprint density at radius 1 is 1.25 bits per heavy atom. The monoisotopic (exact) mass is 159 g/mol. The van der Waals surface area contributed by atoms with Crippen LogP contribution >= 0.6 is 0 Å². The fourth-order valence-corrected chi connectivity index (χ4v) is 0.829. The third-order valence-electron chi connectivity index (χ3n) is 1.38. The highest BCUT2D eigenvalue weighted by Gasteiger charge is 1.79. The molecule has 0 saturated carbocycles. The highest BCUT2D eigenvalue weighted by atomic mass is 16.2. The van der Waals surface area contributed by atoms with Crippen molar-refractivity contribution in [2.45, 2.75) is 0 Å². The summed E-state index contributed by atoms with van der Waals surface area (Å²) in [6.45, 7) is 0.0408. The van der Waals surface area contributed by atoms with Crippen LogP contribution in [0.2, 0.25) is 0 Å². The van der Waals surface area contributed by atoms with E-state index in [9.17, 15) is 0 Å². The lowest BCUT2D eigenvalue weighted by Crippen LogP contribution is -1.69. The van der Waals surface area contributed by atoms with Crippen LogP contribution < -0.4 is 0 Å². The van der Waals surface area contributed by atoms with Gasteiger partial charge in [0.05, 0.1) is 6.61 Å². The molecule has 0 heterocycles. The molecule has 1 heteroatoms. The van der Waals surface area contributed by atoms with E-state index >= 15 is 0 Å². The Kier molecular flexibility index (Phi) is 3.89. The maximum atomic E-state index is 8.41. The van der Waals surface area contributed by atoms with Crippen molar-refractivity contribution in [2.75, 3.05) is 6.61 Å². The van der Waals surface area contributed by atoms with Gasteiger partial charge in [0.2, 0.25) is 0 Å². The van der Waals surface area contributed by atoms with Gasteiger partial charge in [0.15, 0.2) is 0 Å². The average molecular weight is 159 g/mol. The Balaban J connectivity index is 2.52. The average Bonchev–Trinajstić information content (AvgIpc) is 2.14. The minimum atomic E-state index is 0.0408.